The van der Waals surface area contributed by atoms with Gasteiger partial charge in [0.1, 0.15) is 0 Å². The lowest BCUT2D eigenvalue weighted by Crippen LogP contribution is -2.01. The number of aliphatic hydroxyl groups excluding tert-OH is 1. The number of carbonyl (C=O) groups is 1. The summed E-state index contributed by atoms with van der Waals surface area (Å²) < 4.78 is 0. The monoisotopic (exact) mass is 182 g/mol. The molecule has 0 amide bonds. The summed E-state index contributed by atoms with van der Waals surface area (Å²) in [5.41, 5.74) is 0.934. The minimum atomic E-state index is -1.63. The van der Waals surface area contributed by atoms with Gasteiger partial charge in [-0.2, -0.15) is 0 Å². The summed E-state index contributed by atoms with van der Waals surface area (Å²) in [5.74, 6) is -1.08. The highest BCUT2D eigenvalue weighted by molar-refractivity contribution is 5.88. The molecule has 1 aromatic rings. The van der Waals surface area contributed by atoms with Gasteiger partial charge in [-0.3, -0.25) is 0 Å². The van der Waals surface area contributed by atoms with Crippen molar-refractivity contribution in [2.75, 3.05) is 0 Å². The summed E-state index contributed by atoms with van der Waals surface area (Å²) in [6, 6.07) is 4.23. The summed E-state index contributed by atoms with van der Waals surface area (Å²) in [7, 11) is 0. The summed E-state index contributed by atoms with van der Waals surface area (Å²) in [6.45, 7) is 1.69. The number of aryl methyl sites for hydroxylation is 1. The Hall–Kier alpha value is -1.39. The molecule has 0 saturated carbocycles. The van der Waals surface area contributed by atoms with Crippen molar-refractivity contribution < 1.29 is 20.1 Å². The minimum absolute atomic E-state index is 0.0584. The molecule has 0 aliphatic rings. The number of hydrogen-bond donors (Lipinski definition) is 3. The molecule has 0 spiro atoms. The maximum atomic E-state index is 10.6. The zero-order valence-corrected chi connectivity index (χ0v) is 7.06. The van der Waals surface area contributed by atoms with Crippen LogP contribution in [-0.4, -0.2) is 21.3 Å². The Labute approximate surface area is 75.1 Å². The second kappa shape index (κ2) is 3.55. The Kier molecular flexibility index (Phi) is 2.65. The zero-order valence-electron chi connectivity index (χ0n) is 7.06. The van der Waals surface area contributed by atoms with E-state index in [2.05, 4.69) is 0 Å². The molecule has 0 saturated heterocycles. The van der Waals surface area contributed by atoms with Crippen LogP contribution in [0, 0.1) is 6.92 Å². The van der Waals surface area contributed by atoms with E-state index in [9.17, 15) is 4.79 Å². The van der Waals surface area contributed by atoms with Gasteiger partial charge in [0.2, 0.25) is 0 Å². The Morgan fingerprint density at radius 2 is 1.92 bits per heavy atom. The Bertz CT molecular complexity index is 330. The van der Waals surface area contributed by atoms with Crippen LogP contribution in [0.15, 0.2) is 18.2 Å². The number of benzene rings is 1. The molecule has 0 radical (unpaired) electrons. The van der Waals surface area contributed by atoms with E-state index in [1.807, 2.05) is 0 Å². The second-order valence-corrected chi connectivity index (χ2v) is 2.81. The highest BCUT2D eigenvalue weighted by Gasteiger charge is 2.08. The van der Waals surface area contributed by atoms with E-state index >= 15 is 0 Å². The van der Waals surface area contributed by atoms with Crippen LogP contribution in [-0.2, 0) is 0 Å². The Morgan fingerprint density at radius 3 is 2.38 bits per heavy atom. The summed E-state index contributed by atoms with van der Waals surface area (Å²) in [4.78, 5) is 10.6. The Balaban J connectivity index is 3.19. The van der Waals surface area contributed by atoms with Gasteiger partial charge in [0.25, 0.3) is 0 Å². The van der Waals surface area contributed by atoms with E-state index in [4.69, 9.17) is 15.3 Å². The zero-order chi connectivity index (χ0) is 10.0. The van der Waals surface area contributed by atoms with Crippen LogP contribution in [0.3, 0.4) is 0 Å². The van der Waals surface area contributed by atoms with Crippen molar-refractivity contribution >= 4 is 5.97 Å². The third-order valence-electron chi connectivity index (χ3n) is 1.64. The van der Waals surface area contributed by atoms with Gasteiger partial charge in [0.15, 0.2) is 6.29 Å². The molecule has 0 bridgehead atoms. The Morgan fingerprint density at radius 1 is 1.31 bits per heavy atom. The van der Waals surface area contributed by atoms with Gasteiger partial charge in [-0.05, 0) is 24.6 Å². The highest BCUT2D eigenvalue weighted by atomic mass is 16.5. The van der Waals surface area contributed by atoms with Crippen LogP contribution < -0.4 is 0 Å². The van der Waals surface area contributed by atoms with Gasteiger partial charge in [0.05, 0.1) is 5.56 Å². The van der Waals surface area contributed by atoms with Crippen molar-refractivity contribution in [1.29, 1.82) is 0 Å². The predicted octanol–water partition coefficient (Wildman–Crippen LogP) is 0.676. The van der Waals surface area contributed by atoms with E-state index in [1.54, 1.807) is 6.92 Å². The summed E-state index contributed by atoms with van der Waals surface area (Å²) >= 11 is 0. The number of aromatic carboxylic acids is 1. The number of carboxylic acids is 1. The molecule has 4 heteroatoms. The molecule has 0 aromatic heterocycles. The second-order valence-electron chi connectivity index (χ2n) is 2.81. The van der Waals surface area contributed by atoms with Crippen molar-refractivity contribution in [1.82, 2.24) is 0 Å². The first kappa shape index (κ1) is 9.70. The fourth-order valence-corrected chi connectivity index (χ4v) is 1.09. The fourth-order valence-electron chi connectivity index (χ4n) is 1.09. The van der Waals surface area contributed by atoms with Crippen molar-refractivity contribution in [2.24, 2.45) is 0 Å². The molecule has 0 unspecified atom stereocenters. The molecule has 0 aliphatic carbocycles. The van der Waals surface area contributed by atoms with Crippen molar-refractivity contribution in [3.05, 3.63) is 34.9 Å². The van der Waals surface area contributed by atoms with Crippen LogP contribution in [0.5, 0.6) is 0 Å². The molecule has 0 atom stereocenters. The largest absolute Gasteiger partial charge is 0.478 e. The lowest BCUT2D eigenvalue weighted by Gasteiger charge is -2.06. The average Bonchev–Trinajstić information content (AvgIpc) is 2.03. The van der Waals surface area contributed by atoms with Gasteiger partial charge in [0, 0.05) is 5.56 Å². The molecule has 1 aromatic carbocycles. The van der Waals surface area contributed by atoms with Crippen LogP contribution >= 0.6 is 0 Å². The predicted molar refractivity (Wildman–Crippen MR) is 45.3 cm³/mol. The van der Waals surface area contributed by atoms with E-state index in [-0.39, 0.29) is 11.1 Å². The topological polar surface area (TPSA) is 77.8 Å². The molecule has 0 fully saturated rings. The SMILES string of the molecule is Cc1cc(C(=O)O)cc(C(O)O)c1. The maximum Gasteiger partial charge on any atom is 0.335 e. The quantitative estimate of drug-likeness (QED) is 0.587. The molecule has 1 rings (SSSR count). The van der Waals surface area contributed by atoms with Crippen molar-refractivity contribution in [3.8, 4) is 0 Å². The standard InChI is InChI=1S/C9H10O4/c1-5-2-6(8(10)11)4-7(3-5)9(12)13/h2-4,8,10-11H,1H3,(H,12,13). The molecule has 4 nitrogen and oxygen atoms in total. The molecular formula is C9H10O4. The van der Waals surface area contributed by atoms with Crippen LogP contribution in [0.1, 0.15) is 27.8 Å². The van der Waals surface area contributed by atoms with Gasteiger partial charge in [-0.15, -0.1) is 0 Å². The number of rotatable bonds is 2. The van der Waals surface area contributed by atoms with Gasteiger partial charge >= 0.3 is 5.97 Å². The smallest absolute Gasteiger partial charge is 0.335 e. The summed E-state index contributed by atoms with van der Waals surface area (Å²) in [5, 5.41) is 26.3. The lowest BCUT2D eigenvalue weighted by atomic mass is 10.1. The van der Waals surface area contributed by atoms with Crippen molar-refractivity contribution in [3.63, 3.8) is 0 Å². The minimum Gasteiger partial charge on any atom is -0.478 e. The number of aliphatic hydroxyl groups is 2. The van der Waals surface area contributed by atoms with E-state index in [1.165, 1.54) is 18.2 Å². The van der Waals surface area contributed by atoms with Gasteiger partial charge < -0.3 is 15.3 Å². The van der Waals surface area contributed by atoms with Crippen LogP contribution in [0.25, 0.3) is 0 Å². The lowest BCUT2D eigenvalue weighted by molar-refractivity contribution is -0.0425. The van der Waals surface area contributed by atoms with E-state index in [0.29, 0.717) is 5.56 Å². The van der Waals surface area contributed by atoms with Gasteiger partial charge in [-0.1, -0.05) is 6.07 Å². The normalized spacial score (nSPS) is 10.5. The van der Waals surface area contributed by atoms with Gasteiger partial charge in [-0.25, -0.2) is 4.79 Å². The first-order valence-corrected chi connectivity index (χ1v) is 3.71. The molecule has 3 N–H and O–H groups in total. The van der Waals surface area contributed by atoms with E-state index in [0.717, 1.165) is 0 Å². The average molecular weight is 182 g/mol. The first-order chi connectivity index (χ1) is 6.00. The number of carboxylic acid groups (broad SMARTS) is 1. The summed E-state index contributed by atoms with van der Waals surface area (Å²) in [6.07, 6.45) is -1.63. The van der Waals surface area contributed by atoms with E-state index < -0.39 is 12.3 Å². The van der Waals surface area contributed by atoms with Crippen LogP contribution in [0.2, 0.25) is 0 Å². The molecule has 0 heterocycles. The van der Waals surface area contributed by atoms with Crippen LogP contribution in [0.4, 0.5) is 0 Å². The molecular weight excluding hydrogens is 172 g/mol. The first-order valence-electron chi connectivity index (χ1n) is 3.71. The highest BCUT2D eigenvalue weighted by Crippen LogP contribution is 2.15. The third-order valence-corrected chi connectivity index (χ3v) is 1.64. The molecule has 70 valence electrons. The fraction of sp³-hybridized carbons (Fsp3) is 0.222. The van der Waals surface area contributed by atoms with Crippen molar-refractivity contribution in [2.45, 2.75) is 13.2 Å². The molecule has 13 heavy (non-hydrogen) atoms. The molecule has 0 aliphatic heterocycles. The number of hydrogen-bond acceptors (Lipinski definition) is 3. The maximum absolute atomic E-state index is 10.6. The third kappa shape index (κ3) is 2.27.